The van der Waals surface area contributed by atoms with E-state index in [4.69, 9.17) is 12.2 Å². The summed E-state index contributed by atoms with van der Waals surface area (Å²) in [6.45, 7) is 6.88. The summed E-state index contributed by atoms with van der Waals surface area (Å²) in [7, 11) is 0. The van der Waals surface area contributed by atoms with Crippen molar-refractivity contribution in [3.05, 3.63) is 27.6 Å². The molecule has 2 rings (SSSR count). The molecule has 1 aliphatic rings. The summed E-state index contributed by atoms with van der Waals surface area (Å²) >= 11 is 7.42. The van der Waals surface area contributed by atoms with Crippen LogP contribution in [0.5, 0.6) is 0 Å². The molecule has 0 bridgehead atoms. The first-order valence-corrected chi connectivity index (χ1v) is 8.76. The summed E-state index contributed by atoms with van der Waals surface area (Å²) in [5, 5.41) is 6.82. The Balaban J connectivity index is 1.95. The molecule has 0 heterocycles. The summed E-state index contributed by atoms with van der Waals surface area (Å²) in [5.41, 5.74) is 0.759. The standard InChI is InChI=1S/C16H22FIN2S/c1-10-6-12(9-16(2,3)8-10)19-15(21)20-14-5-4-11(18)7-13(14)17/h4-5,7,10,12H,6,8-9H2,1-3H3,(H2,19,20,21)/t10-,12-/m0/s1. The van der Waals surface area contributed by atoms with Gasteiger partial charge in [-0.15, -0.1) is 0 Å². The predicted octanol–water partition coefficient (Wildman–Crippen LogP) is 4.93. The van der Waals surface area contributed by atoms with Gasteiger partial charge in [0.2, 0.25) is 0 Å². The van der Waals surface area contributed by atoms with Gasteiger partial charge in [-0.05, 0) is 83.6 Å². The summed E-state index contributed by atoms with van der Waals surface area (Å²) in [6, 6.07) is 5.44. The highest BCUT2D eigenvalue weighted by Gasteiger charge is 2.32. The maximum Gasteiger partial charge on any atom is 0.171 e. The van der Waals surface area contributed by atoms with Crippen molar-refractivity contribution >= 4 is 45.6 Å². The molecule has 1 aromatic carbocycles. The molecule has 2 atom stereocenters. The van der Waals surface area contributed by atoms with Gasteiger partial charge in [0.1, 0.15) is 5.82 Å². The molecule has 1 aromatic rings. The minimum atomic E-state index is -0.275. The van der Waals surface area contributed by atoms with E-state index in [1.807, 2.05) is 6.07 Å². The van der Waals surface area contributed by atoms with Gasteiger partial charge >= 0.3 is 0 Å². The Bertz CT molecular complexity index is 533. The second-order valence-corrected chi connectivity index (χ2v) is 8.49. The molecule has 0 aromatic heterocycles. The lowest BCUT2D eigenvalue weighted by atomic mass is 9.71. The van der Waals surface area contributed by atoms with Crippen LogP contribution in [0.4, 0.5) is 10.1 Å². The molecule has 116 valence electrons. The first-order valence-electron chi connectivity index (χ1n) is 7.28. The smallest absolute Gasteiger partial charge is 0.171 e. The molecule has 1 fully saturated rings. The van der Waals surface area contributed by atoms with Crippen LogP contribution in [0.3, 0.4) is 0 Å². The zero-order valence-electron chi connectivity index (χ0n) is 12.7. The quantitative estimate of drug-likeness (QED) is 0.524. The van der Waals surface area contributed by atoms with Crippen molar-refractivity contribution in [3.63, 3.8) is 0 Å². The van der Waals surface area contributed by atoms with E-state index in [1.165, 1.54) is 12.5 Å². The van der Waals surface area contributed by atoms with Crippen LogP contribution >= 0.6 is 34.8 Å². The maximum atomic E-state index is 13.8. The molecular weight excluding hydrogens is 398 g/mol. The topological polar surface area (TPSA) is 24.1 Å². The lowest BCUT2D eigenvalue weighted by molar-refractivity contribution is 0.162. The zero-order chi connectivity index (χ0) is 15.6. The van der Waals surface area contributed by atoms with E-state index in [9.17, 15) is 4.39 Å². The Hall–Kier alpha value is -0.430. The van der Waals surface area contributed by atoms with E-state index in [2.05, 4.69) is 54.0 Å². The van der Waals surface area contributed by atoms with Crippen LogP contribution in [0, 0.1) is 20.7 Å². The molecule has 0 spiro atoms. The van der Waals surface area contributed by atoms with E-state index in [1.54, 1.807) is 6.07 Å². The van der Waals surface area contributed by atoms with E-state index < -0.39 is 0 Å². The van der Waals surface area contributed by atoms with E-state index in [0.717, 1.165) is 16.4 Å². The van der Waals surface area contributed by atoms with Crippen molar-refractivity contribution in [1.29, 1.82) is 0 Å². The fraction of sp³-hybridized carbons (Fsp3) is 0.562. The summed E-state index contributed by atoms with van der Waals surface area (Å²) in [5.74, 6) is 0.410. The van der Waals surface area contributed by atoms with Crippen LogP contribution < -0.4 is 10.6 Å². The van der Waals surface area contributed by atoms with Crippen LogP contribution in [0.25, 0.3) is 0 Å². The number of hydrogen-bond donors (Lipinski definition) is 2. The van der Waals surface area contributed by atoms with Crippen molar-refractivity contribution in [3.8, 4) is 0 Å². The van der Waals surface area contributed by atoms with E-state index in [-0.39, 0.29) is 5.82 Å². The first kappa shape index (κ1) is 16.9. The molecule has 1 aliphatic carbocycles. The Morgan fingerprint density at radius 2 is 2.10 bits per heavy atom. The van der Waals surface area contributed by atoms with Gasteiger partial charge in [0, 0.05) is 9.61 Å². The highest BCUT2D eigenvalue weighted by atomic mass is 127. The van der Waals surface area contributed by atoms with Gasteiger partial charge in [-0.25, -0.2) is 4.39 Å². The third-order valence-electron chi connectivity index (χ3n) is 3.90. The van der Waals surface area contributed by atoms with Gasteiger partial charge in [-0.1, -0.05) is 20.8 Å². The van der Waals surface area contributed by atoms with Gasteiger partial charge in [0.15, 0.2) is 5.11 Å². The Morgan fingerprint density at radius 3 is 2.71 bits per heavy atom. The number of thiocarbonyl (C=S) groups is 1. The molecule has 21 heavy (non-hydrogen) atoms. The maximum absolute atomic E-state index is 13.8. The van der Waals surface area contributed by atoms with Crippen molar-refractivity contribution in [2.45, 2.75) is 46.1 Å². The van der Waals surface area contributed by atoms with Crippen LogP contribution in [0.15, 0.2) is 18.2 Å². The number of nitrogens with one attached hydrogen (secondary N) is 2. The fourth-order valence-corrected chi connectivity index (χ4v) is 4.12. The molecule has 0 radical (unpaired) electrons. The van der Waals surface area contributed by atoms with Gasteiger partial charge in [0.05, 0.1) is 5.69 Å². The molecule has 5 heteroatoms. The average Bonchev–Trinajstić information content (AvgIpc) is 2.29. The minimum Gasteiger partial charge on any atom is -0.360 e. The molecule has 0 aliphatic heterocycles. The van der Waals surface area contributed by atoms with E-state index in [0.29, 0.717) is 28.2 Å². The van der Waals surface area contributed by atoms with E-state index >= 15 is 0 Å². The normalized spacial score (nSPS) is 24.4. The minimum absolute atomic E-state index is 0.275. The highest BCUT2D eigenvalue weighted by Crippen LogP contribution is 2.38. The molecule has 2 N–H and O–H groups in total. The molecular formula is C16H22FIN2S. The first-order chi connectivity index (χ1) is 9.75. The van der Waals surface area contributed by atoms with Gasteiger partial charge in [0.25, 0.3) is 0 Å². The Kier molecular flexibility index (Phi) is 5.46. The van der Waals surface area contributed by atoms with Crippen molar-refractivity contribution in [1.82, 2.24) is 5.32 Å². The summed E-state index contributed by atoms with van der Waals surface area (Å²) in [4.78, 5) is 0. The fourth-order valence-electron chi connectivity index (χ4n) is 3.39. The van der Waals surface area contributed by atoms with Crippen LogP contribution in [0.2, 0.25) is 0 Å². The lowest BCUT2D eigenvalue weighted by Gasteiger charge is -2.39. The van der Waals surface area contributed by atoms with Crippen LogP contribution in [0.1, 0.15) is 40.0 Å². The molecule has 2 nitrogen and oxygen atoms in total. The summed E-state index contributed by atoms with van der Waals surface area (Å²) in [6.07, 6.45) is 3.45. The van der Waals surface area contributed by atoms with Crippen LogP contribution in [-0.4, -0.2) is 11.2 Å². The number of hydrogen-bond acceptors (Lipinski definition) is 1. The number of rotatable bonds is 2. The highest BCUT2D eigenvalue weighted by molar-refractivity contribution is 14.1. The third kappa shape index (κ3) is 5.06. The monoisotopic (exact) mass is 420 g/mol. The second kappa shape index (κ2) is 6.77. The number of halogens is 2. The number of anilines is 1. The van der Waals surface area contributed by atoms with Crippen LogP contribution in [-0.2, 0) is 0 Å². The van der Waals surface area contributed by atoms with Gasteiger partial charge in [-0.3, -0.25) is 0 Å². The number of benzene rings is 1. The SMILES string of the molecule is C[C@H]1C[C@H](NC(=S)Nc2ccc(I)cc2F)CC(C)(C)C1. The van der Waals surface area contributed by atoms with Gasteiger partial charge in [-0.2, -0.15) is 0 Å². The summed E-state index contributed by atoms with van der Waals surface area (Å²) < 4.78 is 14.7. The zero-order valence-corrected chi connectivity index (χ0v) is 15.6. The largest absolute Gasteiger partial charge is 0.360 e. The Labute approximate surface area is 145 Å². The Morgan fingerprint density at radius 1 is 1.38 bits per heavy atom. The molecule has 0 saturated heterocycles. The molecule has 0 amide bonds. The molecule has 0 unspecified atom stereocenters. The van der Waals surface area contributed by atoms with Crippen molar-refractivity contribution in [2.24, 2.45) is 11.3 Å². The second-order valence-electron chi connectivity index (χ2n) is 6.83. The lowest BCUT2D eigenvalue weighted by Crippen LogP contribution is -2.44. The predicted molar refractivity (Wildman–Crippen MR) is 99.1 cm³/mol. The van der Waals surface area contributed by atoms with Crippen molar-refractivity contribution < 1.29 is 4.39 Å². The van der Waals surface area contributed by atoms with Crippen molar-refractivity contribution in [2.75, 3.05) is 5.32 Å². The average molecular weight is 420 g/mol. The van der Waals surface area contributed by atoms with Gasteiger partial charge < -0.3 is 10.6 Å². The third-order valence-corrected chi connectivity index (χ3v) is 4.79. The molecule has 1 saturated carbocycles.